The van der Waals surface area contributed by atoms with Gasteiger partial charge in [-0.15, -0.1) is 0 Å². The van der Waals surface area contributed by atoms with Crippen molar-refractivity contribution in [1.29, 1.82) is 5.26 Å². The molecule has 0 aliphatic rings. The number of hydrazine groups is 1. The van der Waals surface area contributed by atoms with Crippen molar-refractivity contribution in [3.8, 4) is 6.07 Å². The number of hydrogen-bond donors (Lipinski definition) is 0. The van der Waals surface area contributed by atoms with Gasteiger partial charge in [0.2, 0.25) is 0 Å². The van der Waals surface area contributed by atoms with Gasteiger partial charge in [0.25, 0.3) is 0 Å². The molecule has 0 fully saturated rings. The first-order valence-corrected chi connectivity index (χ1v) is 15.2. The molecule has 0 radical (unpaired) electrons. The molecule has 2 aromatic rings. The van der Waals surface area contributed by atoms with Gasteiger partial charge < -0.3 is 0 Å². The van der Waals surface area contributed by atoms with Crippen LogP contribution in [0.4, 0.5) is 5.69 Å². The summed E-state index contributed by atoms with van der Waals surface area (Å²) in [6, 6.07) is 13.1. The number of hydrogen-bond acceptors (Lipinski definition) is 5. The average molecular weight is 504 g/mol. The topological polar surface area (TPSA) is 64.4 Å². The number of allylic oxidation sites excluding steroid dienone is 1. The average Bonchev–Trinajstić information content (AvgIpc) is 2.84. The maximum absolute atomic E-state index is 12.8. The van der Waals surface area contributed by atoms with E-state index in [0.717, 1.165) is 45.0 Å². The molecule has 0 heterocycles. The molecule has 0 spiro atoms. The van der Waals surface area contributed by atoms with Gasteiger partial charge in [-0.25, -0.2) is 0 Å². The standard InChI is InChI=1S/C27H42N3O2PS/c1-3-5-7-9-13-21-29(22-14-10-8-6-4-2)30(33)26-18-19-27(34(31,32)23-15-20-28)25-17-12-11-16-24(25)26/h11-12,15-19,23H,3-10,13-14,21-22H2,1-2H3,33H4. The van der Waals surface area contributed by atoms with Gasteiger partial charge in [0.05, 0.1) is 0 Å². The summed E-state index contributed by atoms with van der Waals surface area (Å²) in [4.78, 5) is 0.249. The molecule has 2 rings (SSSR count). The zero-order valence-electron chi connectivity index (χ0n) is 21.2. The van der Waals surface area contributed by atoms with Crippen LogP contribution < -0.4 is 4.78 Å². The van der Waals surface area contributed by atoms with Crippen molar-refractivity contribution in [1.82, 2.24) is 5.01 Å². The van der Waals surface area contributed by atoms with Crippen LogP contribution in [-0.2, 0) is 9.84 Å². The number of unbranched alkanes of at least 4 members (excludes halogenated alkanes) is 8. The van der Waals surface area contributed by atoms with Crippen molar-refractivity contribution in [2.45, 2.75) is 83.0 Å². The summed E-state index contributed by atoms with van der Waals surface area (Å²) < 4.78 is 28.0. The molecule has 0 unspecified atom stereocenters. The molecule has 0 aromatic heterocycles. The number of benzene rings is 2. The van der Waals surface area contributed by atoms with E-state index in [9.17, 15) is 8.42 Å². The zero-order chi connectivity index (χ0) is 24.8. The maximum atomic E-state index is 12.8. The van der Waals surface area contributed by atoms with E-state index >= 15 is 0 Å². The van der Waals surface area contributed by atoms with Crippen molar-refractivity contribution >= 4 is 35.7 Å². The molecule has 188 valence electrons. The van der Waals surface area contributed by atoms with Crippen LogP contribution in [0, 0.1) is 11.3 Å². The molecule has 34 heavy (non-hydrogen) atoms. The van der Waals surface area contributed by atoms with Crippen molar-refractivity contribution in [3.63, 3.8) is 0 Å². The molecule has 0 saturated carbocycles. The van der Waals surface area contributed by atoms with Crippen LogP contribution in [0.5, 0.6) is 0 Å². The van der Waals surface area contributed by atoms with E-state index in [2.05, 4.69) is 23.6 Å². The fraction of sp³-hybridized carbons (Fsp3) is 0.519. The molecule has 2 aromatic carbocycles. The van der Waals surface area contributed by atoms with Crippen LogP contribution in [-0.4, -0.2) is 26.5 Å². The number of anilines is 1. The summed E-state index contributed by atoms with van der Waals surface area (Å²) in [6.07, 6.45) is 13.5. The van der Waals surface area contributed by atoms with Gasteiger partial charge in [0.15, 0.2) is 0 Å². The van der Waals surface area contributed by atoms with Crippen LogP contribution in [0.1, 0.15) is 78.1 Å². The molecule has 5 nitrogen and oxygen atoms in total. The molecular weight excluding hydrogens is 461 g/mol. The number of rotatable bonds is 16. The third-order valence-electron chi connectivity index (χ3n) is 6.30. The Bertz CT molecular complexity index is 1050. The second kappa shape index (κ2) is 15.1. The van der Waals surface area contributed by atoms with Gasteiger partial charge in [-0.1, -0.05) is 0 Å². The van der Waals surface area contributed by atoms with Crippen molar-refractivity contribution in [2.75, 3.05) is 17.9 Å². The normalized spacial score (nSPS) is 12.0. The summed E-state index contributed by atoms with van der Waals surface area (Å²) in [5.41, 5.74) is 1.06. The quantitative estimate of drug-likeness (QED) is 0.108. The van der Waals surface area contributed by atoms with Crippen LogP contribution in [0.2, 0.25) is 0 Å². The van der Waals surface area contributed by atoms with E-state index in [0.29, 0.717) is 5.39 Å². The molecule has 7 heteroatoms. The SMILES string of the molecule is CCCCCCCN(CCCCCCC)N([PH4])c1ccc(S(=O)(=O)C=CC#N)c2ccccc12. The van der Waals surface area contributed by atoms with Gasteiger partial charge in [-0.05, 0) is 0 Å². The third kappa shape index (κ3) is 8.38. The van der Waals surface area contributed by atoms with Crippen molar-refractivity contribution in [2.24, 2.45) is 0 Å². The van der Waals surface area contributed by atoms with Crippen molar-refractivity contribution < 1.29 is 8.42 Å². The van der Waals surface area contributed by atoms with Gasteiger partial charge in [0, 0.05) is 0 Å². The first-order chi connectivity index (χ1) is 16.5. The Kier molecular flexibility index (Phi) is 12.6. The Hall–Kier alpha value is -1.93. The Labute approximate surface area is 209 Å². The van der Waals surface area contributed by atoms with Gasteiger partial charge in [-0.3, -0.25) is 0 Å². The number of sulfone groups is 1. The Morgan fingerprint density at radius 2 is 1.41 bits per heavy atom. The molecule has 0 atom stereocenters. The number of fused-ring (bicyclic) bond motifs is 1. The minimum atomic E-state index is -3.68. The molecule has 0 bridgehead atoms. The minimum absolute atomic E-state index is 0.249. The second-order valence-corrected chi connectivity index (χ2v) is 11.6. The summed E-state index contributed by atoms with van der Waals surface area (Å²) in [5.74, 6) is 0. The van der Waals surface area contributed by atoms with Crippen LogP contribution in [0.15, 0.2) is 52.8 Å². The zero-order valence-corrected chi connectivity index (χ0v) is 24.0. The van der Waals surface area contributed by atoms with Gasteiger partial charge in [-0.2, -0.15) is 0 Å². The monoisotopic (exact) mass is 503 g/mol. The summed E-state index contributed by atoms with van der Waals surface area (Å²) in [5, 5.41) is 13.9. The second-order valence-electron chi connectivity index (χ2n) is 8.91. The Morgan fingerprint density at radius 1 is 0.853 bits per heavy atom. The van der Waals surface area contributed by atoms with E-state index in [4.69, 9.17) is 5.26 Å². The molecule has 0 N–H and O–H groups in total. The fourth-order valence-electron chi connectivity index (χ4n) is 4.34. The van der Waals surface area contributed by atoms with Gasteiger partial charge >= 0.3 is 209 Å². The molecular formula is C27H42N3O2PS. The molecule has 0 aliphatic heterocycles. The fourth-order valence-corrected chi connectivity index (χ4v) is 6.26. The summed E-state index contributed by atoms with van der Waals surface area (Å²) in [6.45, 7) is 6.54. The third-order valence-corrected chi connectivity index (χ3v) is 8.81. The van der Waals surface area contributed by atoms with Crippen molar-refractivity contribution in [3.05, 3.63) is 47.9 Å². The van der Waals surface area contributed by atoms with E-state index in [1.807, 2.05) is 30.3 Å². The molecule has 0 saturated heterocycles. The summed E-state index contributed by atoms with van der Waals surface area (Å²) in [7, 11) is -2.87. The number of nitriles is 1. The predicted octanol–water partition coefficient (Wildman–Crippen LogP) is 6.87. The van der Waals surface area contributed by atoms with Crippen LogP contribution >= 0.6 is 9.39 Å². The Morgan fingerprint density at radius 3 is 1.97 bits per heavy atom. The number of nitrogens with zero attached hydrogens (tertiary/aromatic N) is 3. The van der Waals surface area contributed by atoms with Gasteiger partial charge in [0.1, 0.15) is 0 Å². The van der Waals surface area contributed by atoms with Crippen LogP contribution in [0.25, 0.3) is 10.8 Å². The first kappa shape index (κ1) is 28.3. The molecule has 0 amide bonds. The first-order valence-electron chi connectivity index (χ1n) is 12.8. The van der Waals surface area contributed by atoms with E-state index in [1.165, 1.54) is 64.2 Å². The van der Waals surface area contributed by atoms with E-state index in [-0.39, 0.29) is 4.90 Å². The van der Waals surface area contributed by atoms with Crippen LogP contribution in [0.3, 0.4) is 0 Å². The predicted molar refractivity (Wildman–Crippen MR) is 150 cm³/mol. The van der Waals surface area contributed by atoms with E-state index in [1.54, 1.807) is 12.1 Å². The van der Waals surface area contributed by atoms with E-state index < -0.39 is 9.84 Å². The Balaban J connectivity index is 2.31. The summed E-state index contributed by atoms with van der Waals surface area (Å²) >= 11 is 0. The molecule has 0 aliphatic carbocycles.